The predicted octanol–water partition coefficient (Wildman–Crippen LogP) is 2.63. The maximum atomic E-state index is 11.3. The molecule has 2 fully saturated rings. The van der Waals surface area contributed by atoms with E-state index in [9.17, 15) is 4.79 Å². The van der Waals surface area contributed by atoms with Crippen molar-refractivity contribution in [1.82, 2.24) is 5.32 Å². The summed E-state index contributed by atoms with van der Waals surface area (Å²) in [5, 5.41) is 3.19. The monoisotopic (exact) mass is 195 g/mol. The van der Waals surface area contributed by atoms with Crippen LogP contribution in [0.2, 0.25) is 0 Å². The number of nitrogens with one attached hydrogen (secondary N) is 1. The minimum Gasteiger partial charge on any atom is -0.353 e. The van der Waals surface area contributed by atoms with E-state index in [4.69, 9.17) is 0 Å². The van der Waals surface area contributed by atoms with E-state index >= 15 is 0 Å². The van der Waals surface area contributed by atoms with Crippen molar-refractivity contribution in [3.63, 3.8) is 0 Å². The van der Waals surface area contributed by atoms with E-state index in [1.807, 2.05) is 0 Å². The molecule has 1 saturated carbocycles. The summed E-state index contributed by atoms with van der Waals surface area (Å²) in [6.07, 6.45) is 9.81. The lowest BCUT2D eigenvalue weighted by Gasteiger charge is -2.46. The zero-order valence-corrected chi connectivity index (χ0v) is 9.14. The van der Waals surface area contributed by atoms with Gasteiger partial charge in [-0.15, -0.1) is 0 Å². The van der Waals surface area contributed by atoms with Gasteiger partial charge in [0, 0.05) is 12.5 Å². The molecule has 1 saturated heterocycles. The van der Waals surface area contributed by atoms with Gasteiger partial charge in [-0.2, -0.15) is 0 Å². The first-order valence-electron chi connectivity index (χ1n) is 6.06. The molecule has 2 aliphatic rings. The minimum absolute atomic E-state index is 0.271. The van der Waals surface area contributed by atoms with E-state index in [0.29, 0.717) is 11.5 Å². The van der Waals surface area contributed by atoms with Crippen LogP contribution in [0.25, 0.3) is 0 Å². The summed E-state index contributed by atoms with van der Waals surface area (Å²) in [6, 6.07) is 0.462. The standard InChI is InChI=1S/C12H21NO/c1-2-10-12(7-4-3-5-8-12)9-6-11(14)13-10/h10H,2-9H2,1H3,(H,13,14)/t10-/m1/s1. The Bertz CT molecular complexity index is 218. The van der Waals surface area contributed by atoms with E-state index in [1.54, 1.807) is 0 Å². The number of carbonyl (C=O) groups is 1. The van der Waals surface area contributed by atoms with Gasteiger partial charge in [0.25, 0.3) is 0 Å². The van der Waals surface area contributed by atoms with Crippen LogP contribution in [-0.4, -0.2) is 11.9 Å². The van der Waals surface area contributed by atoms with Crippen molar-refractivity contribution in [2.75, 3.05) is 0 Å². The molecule has 2 heteroatoms. The van der Waals surface area contributed by atoms with E-state index in [2.05, 4.69) is 12.2 Å². The van der Waals surface area contributed by atoms with Gasteiger partial charge in [-0.05, 0) is 31.1 Å². The normalized spacial score (nSPS) is 31.5. The molecule has 1 N–H and O–H groups in total. The van der Waals surface area contributed by atoms with Gasteiger partial charge in [-0.1, -0.05) is 26.2 Å². The Kier molecular flexibility index (Phi) is 2.80. The zero-order valence-electron chi connectivity index (χ0n) is 9.14. The summed E-state index contributed by atoms with van der Waals surface area (Å²) < 4.78 is 0. The molecular weight excluding hydrogens is 174 g/mol. The van der Waals surface area contributed by atoms with Crippen LogP contribution in [0, 0.1) is 5.41 Å². The molecule has 1 aliphatic heterocycles. The van der Waals surface area contributed by atoms with Gasteiger partial charge in [0.15, 0.2) is 0 Å². The van der Waals surface area contributed by atoms with Crippen LogP contribution in [-0.2, 0) is 4.79 Å². The second-order valence-electron chi connectivity index (χ2n) is 4.95. The van der Waals surface area contributed by atoms with Gasteiger partial charge in [-0.25, -0.2) is 0 Å². The molecule has 0 aromatic carbocycles. The van der Waals surface area contributed by atoms with Crippen LogP contribution in [0.15, 0.2) is 0 Å². The largest absolute Gasteiger partial charge is 0.353 e. The first kappa shape index (κ1) is 10.0. The molecular formula is C12H21NO. The first-order valence-corrected chi connectivity index (χ1v) is 6.06. The van der Waals surface area contributed by atoms with Crippen LogP contribution in [0.4, 0.5) is 0 Å². The lowest BCUT2D eigenvalue weighted by Crippen LogP contribution is -2.52. The van der Waals surface area contributed by atoms with Gasteiger partial charge < -0.3 is 5.32 Å². The van der Waals surface area contributed by atoms with Crippen molar-refractivity contribution in [3.8, 4) is 0 Å². The summed E-state index contributed by atoms with van der Waals surface area (Å²) in [6.45, 7) is 2.20. The zero-order chi connectivity index (χ0) is 10.0. The Balaban J connectivity index is 2.10. The van der Waals surface area contributed by atoms with Gasteiger partial charge in [0.05, 0.1) is 0 Å². The Hall–Kier alpha value is -0.530. The van der Waals surface area contributed by atoms with Crippen LogP contribution in [0.5, 0.6) is 0 Å². The van der Waals surface area contributed by atoms with Crippen LogP contribution in [0.1, 0.15) is 58.3 Å². The third-order valence-corrected chi connectivity index (χ3v) is 4.18. The molecule has 1 aliphatic carbocycles. The molecule has 80 valence electrons. The van der Waals surface area contributed by atoms with Crippen molar-refractivity contribution >= 4 is 5.91 Å². The summed E-state index contributed by atoms with van der Waals surface area (Å²) in [4.78, 5) is 11.3. The maximum absolute atomic E-state index is 11.3. The molecule has 2 rings (SSSR count). The quantitative estimate of drug-likeness (QED) is 0.684. The van der Waals surface area contributed by atoms with E-state index < -0.39 is 0 Å². The SMILES string of the molecule is CC[C@H]1NC(=O)CCC12CCCCC2. The van der Waals surface area contributed by atoms with Gasteiger partial charge in [-0.3, -0.25) is 4.79 Å². The highest BCUT2D eigenvalue weighted by atomic mass is 16.1. The van der Waals surface area contributed by atoms with Crippen molar-refractivity contribution in [1.29, 1.82) is 0 Å². The fourth-order valence-corrected chi connectivity index (χ4v) is 3.35. The molecule has 14 heavy (non-hydrogen) atoms. The molecule has 1 amide bonds. The number of hydrogen-bond acceptors (Lipinski definition) is 1. The minimum atomic E-state index is 0.271. The molecule has 1 spiro atoms. The second kappa shape index (κ2) is 3.92. The van der Waals surface area contributed by atoms with Gasteiger partial charge >= 0.3 is 0 Å². The molecule has 0 radical (unpaired) electrons. The molecule has 0 aromatic heterocycles. The van der Waals surface area contributed by atoms with E-state index in [1.165, 1.54) is 32.1 Å². The lowest BCUT2D eigenvalue weighted by atomic mass is 9.64. The average molecular weight is 195 g/mol. The summed E-state index contributed by atoms with van der Waals surface area (Å²) >= 11 is 0. The molecule has 1 atom stereocenters. The number of carbonyl (C=O) groups excluding carboxylic acids is 1. The third kappa shape index (κ3) is 1.67. The fraction of sp³-hybridized carbons (Fsp3) is 0.917. The van der Waals surface area contributed by atoms with Crippen molar-refractivity contribution < 1.29 is 4.79 Å². The van der Waals surface area contributed by atoms with Crippen molar-refractivity contribution in [2.24, 2.45) is 5.41 Å². The van der Waals surface area contributed by atoms with E-state index in [-0.39, 0.29) is 5.91 Å². The van der Waals surface area contributed by atoms with Crippen LogP contribution < -0.4 is 5.32 Å². The lowest BCUT2D eigenvalue weighted by molar-refractivity contribution is -0.127. The van der Waals surface area contributed by atoms with Crippen molar-refractivity contribution in [2.45, 2.75) is 64.3 Å². The second-order valence-corrected chi connectivity index (χ2v) is 4.95. The summed E-state index contributed by atoms with van der Waals surface area (Å²) in [5.41, 5.74) is 0.473. The highest BCUT2D eigenvalue weighted by molar-refractivity contribution is 5.77. The Morgan fingerprint density at radius 3 is 2.64 bits per heavy atom. The Morgan fingerprint density at radius 1 is 1.29 bits per heavy atom. The highest BCUT2D eigenvalue weighted by Crippen LogP contribution is 2.45. The molecule has 0 bridgehead atoms. The van der Waals surface area contributed by atoms with Crippen LogP contribution in [0.3, 0.4) is 0 Å². The molecule has 1 heterocycles. The molecule has 0 unspecified atom stereocenters. The summed E-state index contributed by atoms with van der Waals surface area (Å²) in [7, 11) is 0. The van der Waals surface area contributed by atoms with Crippen LogP contribution >= 0.6 is 0 Å². The molecule has 2 nitrogen and oxygen atoms in total. The number of piperidine rings is 1. The number of amides is 1. The molecule has 0 aromatic rings. The highest BCUT2D eigenvalue weighted by Gasteiger charge is 2.42. The van der Waals surface area contributed by atoms with Gasteiger partial charge in [0.2, 0.25) is 5.91 Å². The Labute approximate surface area is 86.5 Å². The van der Waals surface area contributed by atoms with Crippen molar-refractivity contribution in [3.05, 3.63) is 0 Å². The summed E-state index contributed by atoms with van der Waals surface area (Å²) in [5.74, 6) is 0.271. The number of hydrogen-bond donors (Lipinski definition) is 1. The third-order valence-electron chi connectivity index (χ3n) is 4.18. The number of rotatable bonds is 1. The topological polar surface area (TPSA) is 29.1 Å². The maximum Gasteiger partial charge on any atom is 0.220 e. The predicted molar refractivity (Wildman–Crippen MR) is 57.0 cm³/mol. The van der Waals surface area contributed by atoms with Gasteiger partial charge in [0.1, 0.15) is 0 Å². The average Bonchev–Trinajstić information content (AvgIpc) is 2.23. The smallest absolute Gasteiger partial charge is 0.220 e. The van der Waals surface area contributed by atoms with E-state index in [0.717, 1.165) is 19.3 Å². The first-order chi connectivity index (χ1) is 6.77. The Morgan fingerprint density at radius 2 is 2.00 bits per heavy atom. The fourth-order valence-electron chi connectivity index (χ4n) is 3.35.